The molecule has 1 heterocycles. The number of hydrogen-bond donors (Lipinski definition) is 2. The number of hydrogen-bond acceptors (Lipinski definition) is 5. The summed E-state index contributed by atoms with van der Waals surface area (Å²) in [5, 5.41) is 9.20. The molecule has 0 saturated heterocycles. The quantitative estimate of drug-likeness (QED) is 0.645. The van der Waals surface area contributed by atoms with Crippen LogP contribution in [0.4, 0.5) is 0 Å². The van der Waals surface area contributed by atoms with E-state index in [-0.39, 0.29) is 12.5 Å². The molecule has 3 N–H and O–H groups in total. The van der Waals surface area contributed by atoms with E-state index in [0.29, 0.717) is 30.2 Å². The summed E-state index contributed by atoms with van der Waals surface area (Å²) >= 11 is 0. The molecule has 30 heavy (non-hydrogen) atoms. The van der Waals surface area contributed by atoms with Crippen LogP contribution in [0.3, 0.4) is 0 Å². The van der Waals surface area contributed by atoms with Gasteiger partial charge < -0.3 is 25.1 Å². The Morgan fingerprint density at radius 2 is 2.00 bits per heavy atom. The highest BCUT2D eigenvalue weighted by molar-refractivity contribution is 5.73. The molecule has 0 aromatic heterocycles. The fourth-order valence-corrected chi connectivity index (χ4v) is 3.63. The summed E-state index contributed by atoms with van der Waals surface area (Å²) in [6, 6.07) is 19.2. The third kappa shape index (κ3) is 3.95. The molecule has 0 radical (unpaired) electrons. The van der Waals surface area contributed by atoms with Crippen LogP contribution in [0.2, 0.25) is 0 Å². The highest BCUT2D eigenvalue weighted by Gasteiger charge is 2.26. The zero-order valence-electron chi connectivity index (χ0n) is 16.6. The van der Waals surface area contributed by atoms with Gasteiger partial charge in [-0.1, -0.05) is 36.4 Å². The average Bonchev–Trinajstić information content (AvgIpc) is 2.78. The number of carboxylic acid groups (broad SMARTS) is 1. The molecule has 0 unspecified atom stereocenters. The molecule has 1 aliphatic rings. The fourth-order valence-electron chi connectivity index (χ4n) is 3.63. The van der Waals surface area contributed by atoms with Gasteiger partial charge in [0.1, 0.15) is 12.4 Å². The molecule has 1 aliphatic heterocycles. The van der Waals surface area contributed by atoms with E-state index in [0.717, 1.165) is 28.0 Å². The molecule has 0 spiro atoms. The van der Waals surface area contributed by atoms with Gasteiger partial charge in [0.05, 0.1) is 13.5 Å². The van der Waals surface area contributed by atoms with Crippen LogP contribution < -0.4 is 19.9 Å². The molecule has 6 heteroatoms. The Morgan fingerprint density at radius 1 is 1.17 bits per heavy atom. The number of nitrogens with two attached hydrogens (primary N) is 1. The summed E-state index contributed by atoms with van der Waals surface area (Å²) in [6.45, 7) is 0.788. The highest BCUT2D eigenvalue weighted by atomic mass is 16.6. The highest BCUT2D eigenvalue weighted by Crippen LogP contribution is 2.41. The van der Waals surface area contributed by atoms with E-state index in [1.807, 2.05) is 42.5 Å². The summed E-state index contributed by atoms with van der Waals surface area (Å²) < 4.78 is 17.7. The summed E-state index contributed by atoms with van der Waals surface area (Å²) in [4.78, 5) is 11.2. The standard InChI is InChI=1S/C24H23NO5/c1-28-20-9-8-17(11-19(20)16-5-2-4-15(10-16)13-25)22-14-29-21-7-3-6-18(12-23(26)27)24(21)30-22/h2-11,22H,12-14,25H2,1H3,(H,26,27)/t22-/m1/s1. The lowest BCUT2D eigenvalue weighted by Crippen LogP contribution is -2.23. The molecular formula is C24H23NO5. The lowest BCUT2D eigenvalue weighted by atomic mass is 9.97. The largest absolute Gasteiger partial charge is 0.496 e. The normalized spacial score (nSPS) is 14.9. The number of carboxylic acids is 1. The topological polar surface area (TPSA) is 91.0 Å². The summed E-state index contributed by atoms with van der Waals surface area (Å²) in [7, 11) is 1.64. The van der Waals surface area contributed by atoms with Crippen molar-refractivity contribution in [3.05, 3.63) is 77.4 Å². The van der Waals surface area contributed by atoms with Crippen molar-refractivity contribution in [3.8, 4) is 28.4 Å². The molecule has 0 bridgehead atoms. The van der Waals surface area contributed by atoms with E-state index >= 15 is 0 Å². The van der Waals surface area contributed by atoms with Crippen LogP contribution in [-0.4, -0.2) is 24.8 Å². The lowest BCUT2D eigenvalue weighted by Gasteiger charge is -2.28. The van der Waals surface area contributed by atoms with Crippen molar-refractivity contribution in [1.29, 1.82) is 0 Å². The van der Waals surface area contributed by atoms with Crippen molar-refractivity contribution in [1.82, 2.24) is 0 Å². The number of rotatable bonds is 6. The van der Waals surface area contributed by atoms with Crippen LogP contribution in [0.5, 0.6) is 17.2 Å². The van der Waals surface area contributed by atoms with Gasteiger partial charge in [-0.25, -0.2) is 0 Å². The first-order chi connectivity index (χ1) is 14.6. The number of para-hydroxylation sites is 1. The zero-order chi connectivity index (χ0) is 21.1. The van der Waals surface area contributed by atoms with E-state index in [1.165, 1.54) is 0 Å². The molecule has 1 atom stereocenters. The Bertz CT molecular complexity index is 1080. The van der Waals surface area contributed by atoms with Crippen molar-refractivity contribution >= 4 is 5.97 Å². The number of fused-ring (bicyclic) bond motifs is 1. The number of methoxy groups -OCH3 is 1. The first-order valence-corrected chi connectivity index (χ1v) is 9.69. The van der Waals surface area contributed by atoms with Gasteiger partial charge in [0, 0.05) is 17.7 Å². The van der Waals surface area contributed by atoms with Gasteiger partial charge in [0.2, 0.25) is 0 Å². The van der Waals surface area contributed by atoms with E-state index < -0.39 is 5.97 Å². The molecule has 154 valence electrons. The maximum absolute atomic E-state index is 11.2. The molecule has 0 fully saturated rings. The molecule has 6 nitrogen and oxygen atoms in total. The maximum atomic E-state index is 11.2. The second-order valence-electron chi connectivity index (χ2n) is 7.10. The van der Waals surface area contributed by atoms with Crippen molar-refractivity contribution in [2.75, 3.05) is 13.7 Å². The third-order valence-corrected chi connectivity index (χ3v) is 5.12. The Hall–Kier alpha value is -3.51. The molecule has 4 rings (SSSR count). The lowest BCUT2D eigenvalue weighted by molar-refractivity contribution is -0.136. The zero-order valence-corrected chi connectivity index (χ0v) is 16.6. The van der Waals surface area contributed by atoms with Gasteiger partial charge in [0.15, 0.2) is 17.6 Å². The van der Waals surface area contributed by atoms with Gasteiger partial charge in [-0.15, -0.1) is 0 Å². The van der Waals surface area contributed by atoms with Gasteiger partial charge in [0.25, 0.3) is 0 Å². The number of ether oxygens (including phenoxy) is 3. The van der Waals surface area contributed by atoms with Crippen molar-refractivity contribution in [3.63, 3.8) is 0 Å². The first-order valence-electron chi connectivity index (χ1n) is 9.69. The Morgan fingerprint density at radius 3 is 2.77 bits per heavy atom. The van der Waals surface area contributed by atoms with E-state index in [9.17, 15) is 9.90 Å². The number of carbonyl (C=O) groups is 1. The second-order valence-corrected chi connectivity index (χ2v) is 7.10. The Labute approximate surface area is 174 Å². The summed E-state index contributed by atoms with van der Waals surface area (Å²) in [5.74, 6) is 0.880. The molecule has 3 aromatic carbocycles. The SMILES string of the molecule is COc1ccc([C@H]2COc3cccc(CC(=O)O)c3O2)cc1-c1cccc(CN)c1. The predicted molar refractivity (Wildman–Crippen MR) is 113 cm³/mol. The van der Waals surface area contributed by atoms with Crippen LogP contribution in [-0.2, 0) is 17.8 Å². The minimum Gasteiger partial charge on any atom is -0.496 e. The molecule has 3 aromatic rings. The van der Waals surface area contributed by atoms with Crippen LogP contribution in [0, 0.1) is 0 Å². The molecule has 0 amide bonds. The average molecular weight is 405 g/mol. The van der Waals surface area contributed by atoms with Crippen LogP contribution in [0.15, 0.2) is 60.7 Å². The minimum atomic E-state index is -0.916. The summed E-state index contributed by atoms with van der Waals surface area (Å²) in [5.41, 5.74) is 10.3. The van der Waals surface area contributed by atoms with E-state index in [4.69, 9.17) is 19.9 Å². The van der Waals surface area contributed by atoms with Gasteiger partial charge in [-0.05, 0) is 41.0 Å². The fraction of sp³-hybridized carbons (Fsp3) is 0.208. The Balaban J connectivity index is 1.70. The van der Waals surface area contributed by atoms with Crippen molar-refractivity contribution < 1.29 is 24.1 Å². The van der Waals surface area contributed by atoms with Gasteiger partial charge in [-0.3, -0.25) is 4.79 Å². The third-order valence-electron chi connectivity index (χ3n) is 5.12. The smallest absolute Gasteiger partial charge is 0.307 e. The van der Waals surface area contributed by atoms with E-state index in [2.05, 4.69) is 0 Å². The van der Waals surface area contributed by atoms with Crippen LogP contribution >= 0.6 is 0 Å². The minimum absolute atomic E-state index is 0.126. The number of aliphatic carboxylic acids is 1. The van der Waals surface area contributed by atoms with Crippen LogP contribution in [0.25, 0.3) is 11.1 Å². The number of benzene rings is 3. The van der Waals surface area contributed by atoms with Crippen molar-refractivity contribution in [2.24, 2.45) is 5.73 Å². The maximum Gasteiger partial charge on any atom is 0.307 e. The van der Waals surface area contributed by atoms with Crippen molar-refractivity contribution in [2.45, 2.75) is 19.1 Å². The molecule has 0 aliphatic carbocycles. The second kappa shape index (κ2) is 8.47. The Kier molecular flexibility index (Phi) is 5.59. The van der Waals surface area contributed by atoms with E-state index in [1.54, 1.807) is 25.3 Å². The van der Waals surface area contributed by atoms with Gasteiger partial charge >= 0.3 is 5.97 Å². The van der Waals surface area contributed by atoms with Crippen LogP contribution in [0.1, 0.15) is 22.8 Å². The molecular weight excluding hydrogens is 382 g/mol. The van der Waals surface area contributed by atoms with Gasteiger partial charge in [-0.2, -0.15) is 0 Å². The summed E-state index contributed by atoms with van der Waals surface area (Å²) in [6.07, 6.45) is -0.492. The molecule has 0 saturated carbocycles. The predicted octanol–water partition coefficient (Wildman–Crippen LogP) is 3.96. The monoisotopic (exact) mass is 405 g/mol. The first kappa shape index (κ1) is 19.8.